The van der Waals surface area contributed by atoms with E-state index in [1.165, 1.54) is 6.07 Å². The largest absolute Gasteiger partial charge is 0.487 e. The number of carbonyl (C=O) groups is 2. The van der Waals surface area contributed by atoms with E-state index in [1.807, 2.05) is 91.9 Å². The lowest BCUT2D eigenvalue weighted by Crippen LogP contribution is -2.04. The van der Waals surface area contributed by atoms with Crippen LogP contribution in [0, 0.1) is 6.92 Å². The topological polar surface area (TPSA) is 144 Å². The molecule has 0 aliphatic carbocycles. The highest BCUT2D eigenvalue weighted by atomic mass is 16.5. The molecule has 0 saturated carbocycles. The number of nitrogens with zero attached hydrogens (tertiary/aromatic N) is 6. The molecule has 56 heavy (non-hydrogen) atoms. The Labute approximate surface area is 320 Å². The van der Waals surface area contributed by atoms with Crippen LogP contribution in [-0.2, 0) is 26.3 Å². The van der Waals surface area contributed by atoms with Crippen LogP contribution in [0.4, 0.5) is 0 Å². The number of fused-ring (bicyclic) bond motifs is 1. The van der Waals surface area contributed by atoms with Crippen LogP contribution in [0.1, 0.15) is 59.9 Å². The SMILES string of the molecule is Cc1cc(=O)oc2cc(OCc3cn(Cc4ccc(C(=O)c5ccccc5)cc4)nn3)cc(OCc3cn(Cc4ccc(C(=O)c5ccccc5)cc4)nn3)c12. The maximum Gasteiger partial charge on any atom is 0.336 e. The quantitative estimate of drug-likeness (QED) is 0.0844. The standard InChI is InChI=1S/C44H34N6O6/c1-29-20-41(51)56-40-22-38(54-27-36-25-49(47-45-36)23-30-12-16-34(17-13-30)43(52)32-8-4-2-5-9-32)21-39(42(29)40)55-28-37-26-50(48-46-37)24-31-14-18-35(19-15-31)44(53)33-10-6-3-7-11-33/h2-22,25-26H,23-24,27-28H2,1H3. The van der Waals surface area contributed by atoms with Crippen molar-refractivity contribution in [1.29, 1.82) is 0 Å². The number of ketones is 2. The lowest BCUT2D eigenvalue weighted by Gasteiger charge is -2.12. The average Bonchev–Trinajstić information content (AvgIpc) is 3.88. The van der Waals surface area contributed by atoms with Gasteiger partial charge in [-0.05, 0) is 23.6 Å². The highest BCUT2D eigenvalue weighted by Gasteiger charge is 2.15. The lowest BCUT2D eigenvalue weighted by atomic mass is 10.0. The summed E-state index contributed by atoms with van der Waals surface area (Å²) < 4.78 is 21.3. The van der Waals surface area contributed by atoms with Crippen LogP contribution in [0.15, 0.2) is 149 Å². The normalized spacial score (nSPS) is 11.1. The second kappa shape index (κ2) is 15.9. The number of benzene rings is 5. The molecular formula is C44H34N6O6. The van der Waals surface area contributed by atoms with Crippen molar-refractivity contribution in [2.75, 3.05) is 0 Å². The van der Waals surface area contributed by atoms with Crippen LogP contribution in [0.25, 0.3) is 11.0 Å². The first-order valence-electron chi connectivity index (χ1n) is 17.8. The number of hydrogen-bond donors (Lipinski definition) is 0. The summed E-state index contributed by atoms with van der Waals surface area (Å²) in [5.41, 5.74) is 6.12. The monoisotopic (exact) mass is 742 g/mol. The second-order valence-electron chi connectivity index (χ2n) is 13.2. The molecule has 8 rings (SSSR count). The van der Waals surface area contributed by atoms with Crippen molar-refractivity contribution in [1.82, 2.24) is 30.0 Å². The molecule has 12 nitrogen and oxygen atoms in total. The van der Waals surface area contributed by atoms with E-state index >= 15 is 0 Å². The lowest BCUT2D eigenvalue weighted by molar-refractivity contribution is 0.103. The van der Waals surface area contributed by atoms with E-state index in [-0.39, 0.29) is 24.8 Å². The zero-order chi connectivity index (χ0) is 38.4. The van der Waals surface area contributed by atoms with Gasteiger partial charge >= 0.3 is 5.63 Å². The Hall–Kier alpha value is -7.47. The van der Waals surface area contributed by atoms with Gasteiger partial charge in [0.2, 0.25) is 0 Å². The predicted molar refractivity (Wildman–Crippen MR) is 207 cm³/mol. The fourth-order valence-corrected chi connectivity index (χ4v) is 6.30. The third-order valence-corrected chi connectivity index (χ3v) is 9.11. The van der Waals surface area contributed by atoms with Crippen molar-refractivity contribution in [3.8, 4) is 11.5 Å². The molecule has 8 aromatic rings. The van der Waals surface area contributed by atoms with Gasteiger partial charge in [-0.25, -0.2) is 14.2 Å². The highest BCUT2D eigenvalue weighted by Crippen LogP contribution is 2.33. The van der Waals surface area contributed by atoms with Gasteiger partial charge in [0, 0.05) is 40.5 Å². The molecule has 0 spiro atoms. The van der Waals surface area contributed by atoms with E-state index in [9.17, 15) is 14.4 Å². The molecule has 12 heteroatoms. The van der Waals surface area contributed by atoms with E-state index in [2.05, 4.69) is 20.6 Å². The zero-order valence-corrected chi connectivity index (χ0v) is 30.2. The van der Waals surface area contributed by atoms with Gasteiger partial charge in [-0.15, -0.1) is 10.2 Å². The third kappa shape index (κ3) is 8.19. The molecule has 0 bridgehead atoms. The van der Waals surface area contributed by atoms with Gasteiger partial charge < -0.3 is 13.9 Å². The van der Waals surface area contributed by atoms with Crippen molar-refractivity contribution < 1.29 is 23.5 Å². The Bertz CT molecular complexity index is 2700. The fourth-order valence-electron chi connectivity index (χ4n) is 6.30. The first-order chi connectivity index (χ1) is 27.3. The molecule has 0 saturated heterocycles. The molecule has 5 aromatic carbocycles. The highest BCUT2D eigenvalue weighted by molar-refractivity contribution is 6.09. The van der Waals surface area contributed by atoms with Crippen LogP contribution in [0.5, 0.6) is 11.5 Å². The van der Waals surface area contributed by atoms with E-state index in [4.69, 9.17) is 13.9 Å². The molecule has 0 fully saturated rings. The van der Waals surface area contributed by atoms with Crippen molar-refractivity contribution in [2.45, 2.75) is 33.2 Å². The van der Waals surface area contributed by atoms with E-state index in [0.29, 0.717) is 74.8 Å². The summed E-state index contributed by atoms with van der Waals surface area (Å²) in [4.78, 5) is 37.8. The molecule has 3 aromatic heterocycles. The molecule has 0 amide bonds. The summed E-state index contributed by atoms with van der Waals surface area (Å²) in [7, 11) is 0. The number of rotatable bonds is 14. The maximum absolute atomic E-state index is 12.8. The van der Waals surface area contributed by atoms with Crippen molar-refractivity contribution in [3.63, 3.8) is 0 Å². The second-order valence-corrected chi connectivity index (χ2v) is 13.2. The van der Waals surface area contributed by atoms with E-state index in [1.54, 1.807) is 58.2 Å². The van der Waals surface area contributed by atoms with Crippen LogP contribution in [-0.4, -0.2) is 41.6 Å². The summed E-state index contributed by atoms with van der Waals surface area (Å²) in [5.74, 6) is 0.794. The van der Waals surface area contributed by atoms with Gasteiger partial charge in [-0.2, -0.15) is 0 Å². The minimum absolute atomic E-state index is 0.0320. The Morgan fingerprint density at radius 1 is 0.607 bits per heavy atom. The minimum Gasteiger partial charge on any atom is -0.487 e. The van der Waals surface area contributed by atoms with Crippen molar-refractivity contribution in [2.24, 2.45) is 0 Å². The number of aromatic nitrogens is 6. The smallest absolute Gasteiger partial charge is 0.336 e. The average molecular weight is 743 g/mol. The Morgan fingerprint density at radius 3 is 1.61 bits per heavy atom. The van der Waals surface area contributed by atoms with Crippen molar-refractivity contribution in [3.05, 3.63) is 201 Å². The summed E-state index contributed by atoms with van der Waals surface area (Å²) in [6, 6.07) is 38.0. The van der Waals surface area contributed by atoms with E-state index in [0.717, 1.165) is 11.1 Å². The summed E-state index contributed by atoms with van der Waals surface area (Å²) in [6.45, 7) is 2.92. The van der Waals surface area contributed by atoms with Crippen LogP contribution in [0.3, 0.4) is 0 Å². The molecule has 0 aliphatic heterocycles. The molecule has 0 N–H and O–H groups in total. The maximum atomic E-state index is 12.8. The molecule has 0 radical (unpaired) electrons. The molecule has 3 heterocycles. The molecule has 276 valence electrons. The van der Waals surface area contributed by atoms with Crippen LogP contribution in [0.2, 0.25) is 0 Å². The molecule has 0 unspecified atom stereocenters. The zero-order valence-electron chi connectivity index (χ0n) is 30.2. The fraction of sp³-hybridized carbons (Fsp3) is 0.114. The number of hydrogen-bond acceptors (Lipinski definition) is 10. The number of aryl methyl sites for hydroxylation is 1. The molecule has 0 atom stereocenters. The van der Waals surface area contributed by atoms with Gasteiger partial charge in [-0.1, -0.05) is 120 Å². The Balaban J connectivity index is 0.905. The summed E-state index contributed by atoms with van der Waals surface area (Å²) in [5, 5.41) is 17.7. The van der Waals surface area contributed by atoms with Gasteiger partial charge in [0.1, 0.15) is 41.7 Å². The Kier molecular flexibility index (Phi) is 10.1. The van der Waals surface area contributed by atoms with Gasteiger partial charge in [-0.3, -0.25) is 9.59 Å². The number of carbonyl (C=O) groups excluding carboxylic acids is 2. The Morgan fingerprint density at radius 2 is 1.09 bits per heavy atom. The van der Waals surface area contributed by atoms with Crippen molar-refractivity contribution >= 4 is 22.5 Å². The number of ether oxygens (including phenoxy) is 2. The molecular weight excluding hydrogens is 709 g/mol. The molecule has 0 aliphatic rings. The van der Waals surface area contributed by atoms with Gasteiger partial charge in [0.05, 0.1) is 30.9 Å². The predicted octanol–water partition coefficient (Wildman–Crippen LogP) is 7.00. The van der Waals surface area contributed by atoms with Gasteiger partial charge in [0.15, 0.2) is 11.6 Å². The summed E-state index contributed by atoms with van der Waals surface area (Å²) in [6.07, 6.45) is 3.58. The third-order valence-electron chi connectivity index (χ3n) is 9.11. The van der Waals surface area contributed by atoms with E-state index < -0.39 is 5.63 Å². The van der Waals surface area contributed by atoms with Crippen LogP contribution >= 0.6 is 0 Å². The first-order valence-corrected chi connectivity index (χ1v) is 17.8. The van der Waals surface area contributed by atoms with Gasteiger partial charge in [0.25, 0.3) is 0 Å². The minimum atomic E-state index is -0.487. The first kappa shape index (κ1) is 35.6. The van der Waals surface area contributed by atoms with Crippen LogP contribution < -0.4 is 15.1 Å². The summed E-state index contributed by atoms with van der Waals surface area (Å²) >= 11 is 0.